The number of aromatic nitrogens is 1. The van der Waals surface area contributed by atoms with Crippen molar-refractivity contribution in [1.29, 1.82) is 0 Å². The highest BCUT2D eigenvalue weighted by Crippen LogP contribution is 2.31. The lowest BCUT2D eigenvalue weighted by Gasteiger charge is -2.37. The van der Waals surface area contributed by atoms with E-state index in [9.17, 15) is 32.4 Å². The minimum Gasteiger partial charge on any atom is -0.455 e. The van der Waals surface area contributed by atoms with E-state index in [1.807, 2.05) is 71.9 Å². The molecule has 0 aliphatic heterocycles. The summed E-state index contributed by atoms with van der Waals surface area (Å²) in [6, 6.07) is 7.19. The van der Waals surface area contributed by atoms with Crippen LogP contribution in [0.15, 0.2) is 35.7 Å². The van der Waals surface area contributed by atoms with Gasteiger partial charge in [0.25, 0.3) is 5.91 Å². The van der Waals surface area contributed by atoms with Crippen molar-refractivity contribution in [2.75, 3.05) is 14.1 Å². The maximum absolute atomic E-state index is 14.2. The van der Waals surface area contributed by atoms with Gasteiger partial charge in [0.05, 0.1) is 11.3 Å². The Morgan fingerprint density at radius 2 is 1.57 bits per heavy atom. The second-order valence-electron chi connectivity index (χ2n) is 15.8. The lowest BCUT2D eigenvalue weighted by Crippen LogP contribution is -2.57. The summed E-state index contributed by atoms with van der Waals surface area (Å²) < 4.78 is 32.8. The van der Waals surface area contributed by atoms with Gasteiger partial charge in [-0.25, -0.2) is 13.4 Å². The highest BCUT2D eigenvalue weighted by atomic mass is 32.2. The van der Waals surface area contributed by atoms with Gasteiger partial charge in [-0.1, -0.05) is 85.2 Å². The molecule has 7 unspecified atom stereocenters. The molecule has 1 saturated carbocycles. The molecule has 1 aliphatic rings. The summed E-state index contributed by atoms with van der Waals surface area (Å²) in [4.78, 5) is 72.7. The number of hydrogen-bond acceptors (Lipinski definition) is 11. The van der Waals surface area contributed by atoms with Gasteiger partial charge in [-0.3, -0.25) is 28.7 Å². The van der Waals surface area contributed by atoms with Crippen molar-refractivity contribution in [2.24, 2.45) is 23.7 Å². The molecule has 7 atom stereocenters. The first-order valence-corrected chi connectivity index (χ1v) is 22.0. The Bertz CT molecular complexity index is 1750. The number of carbonyl (C=O) groups is 5. The summed E-state index contributed by atoms with van der Waals surface area (Å²) in [5.41, 5.74) is 1.00. The fourth-order valence-corrected chi connectivity index (χ4v) is 8.94. The van der Waals surface area contributed by atoms with Gasteiger partial charge in [0, 0.05) is 43.8 Å². The minimum absolute atomic E-state index is 0.00568. The van der Waals surface area contributed by atoms with Crippen molar-refractivity contribution < 1.29 is 37.1 Å². The Labute approximate surface area is 336 Å². The number of carbonyl (C=O) groups excluding carboxylic acids is 5. The molecule has 2 aromatic rings. The number of likely N-dealkylation sites (N-methyl/N-ethyl adjacent to an activating group) is 2. The summed E-state index contributed by atoms with van der Waals surface area (Å²) >= 11 is 1.15. The van der Waals surface area contributed by atoms with Crippen LogP contribution in [-0.4, -0.2) is 91.4 Å². The van der Waals surface area contributed by atoms with Gasteiger partial charge in [0.1, 0.15) is 16.7 Å². The number of sulfonamides is 1. The first kappa shape index (κ1) is 46.5. The van der Waals surface area contributed by atoms with E-state index in [0.29, 0.717) is 30.7 Å². The van der Waals surface area contributed by atoms with Gasteiger partial charge >= 0.3 is 5.97 Å². The molecule has 0 radical (unpaired) electrons. The summed E-state index contributed by atoms with van der Waals surface area (Å²) in [5, 5.41) is 10.4. The quantitative estimate of drug-likeness (QED) is 0.124. The standard InChI is InChI=1S/C40H62N6O8S2/c1-11-25(6)35(44-38(50)34(41-9)24(4)5)40(51)46(10)32(23(2)3)21-33(54-27(8)47)39-43-31(22-55-39)37(49)42-29(20-28-15-13-12-14-16-28)19-26(7)36(48)45-56(52,53)30-17-18-30/h12-16,22-26,29-30,32-35,41H,11,17-21H2,1-10H3,(H,42,49)(H,44,50)(H,45,48). The fraction of sp³-hybridized carbons (Fsp3) is 0.650. The third kappa shape index (κ3) is 13.4. The SMILES string of the molecule is CCC(C)C(NC(=O)C(NC)C(C)C)C(=O)N(C)C(CC(OC(C)=O)c1nc(C(=O)NC(Cc2ccccc2)CC(C)C(=O)NS(=O)(=O)C2CC2)cs1)C(C)C. The van der Waals surface area contributed by atoms with E-state index in [1.54, 1.807) is 31.3 Å². The average Bonchev–Trinajstić information content (AvgIpc) is 3.89. The van der Waals surface area contributed by atoms with Crippen LogP contribution in [0.5, 0.6) is 0 Å². The molecular weight excluding hydrogens is 757 g/mol. The second kappa shape index (κ2) is 21.0. The largest absolute Gasteiger partial charge is 0.455 e. The topological polar surface area (TPSA) is 193 Å². The first-order chi connectivity index (χ1) is 26.3. The number of esters is 1. The van der Waals surface area contributed by atoms with Crippen molar-refractivity contribution in [3.63, 3.8) is 0 Å². The Hall–Kier alpha value is -3.89. The highest BCUT2D eigenvalue weighted by molar-refractivity contribution is 7.90. The molecule has 0 bridgehead atoms. The molecule has 1 aliphatic carbocycles. The van der Waals surface area contributed by atoms with Crippen LogP contribution in [0, 0.1) is 23.7 Å². The molecular formula is C40H62N6O8S2. The molecule has 312 valence electrons. The summed E-state index contributed by atoms with van der Waals surface area (Å²) in [5.74, 6) is -3.16. The van der Waals surface area contributed by atoms with Gasteiger partial charge < -0.3 is 25.6 Å². The molecule has 0 saturated heterocycles. The number of hydrogen-bond donors (Lipinski definition) is 4. The lowest BCUT2D eigenvalue weighted by molar-refractivity contribution is -0.149. The van der Waals surface area contributed by atoms with Gasteiger partial charge in [-0.2, -0.15) is 0 Å². The molecule has 1 aromatic carbocycles. The molecule has 56 heavy (non-hydrogen) atoms. The number of nitrogens with one attached hydrogen (secondary N) is 4. The fourth-order valence-electron chi connectivity index (χ4n) is 6.70. The average molecular weight is 819 g/mol. The summed E-state index contributed by atoms with van der Waals surface area (Å²) in [6.07, 6.45) is 1.56. The number of thiazole rings is 1. The molecule has 1 aromatic heterocycles. The van der Waals surface area contributed by atoms with E-state index in [1.165, 1.54) is 6.92 Å². The predicted molar refractivity (Wildman–Crippen MR) is 217 cm³/mol. The Morgan fingerprint density at radius 3 is 2.11 bits per heavy atom. The molecule has 4 N–H and O–H groups in total. The molecule has 3 rings (SSSR count). The minimum atomic E-state index is -3.72. The van der Waals surface area contributed by atoms with Crippen molar-refractivity contribution in [3.8, 4) is 0 Å². The molecule has 16 heteroatoms. The van der Waals surface area contributed by atoms with Crippen molar-refractivity contribution in [1.82, 2.24) is 30.6 Å². The van der Waals surface area contributed by atoms with E-state index in [4.69, 9.17) is 4.74 Å². The van der Waals surface area contributed by atoms with Crippen LogP contribution in [0.2, 0.25) is 0 Å². The van der Waals surface area contributed by atoms with Crippen molar-refractivity contribution in [3.05, 3.63) is 52.0 Å². The normalized spacial score (nSPS) is 16.9. The zero-order valence-electron chi connectivity index (χ0n) is 34.5. The van der Waals surface area contributed by atoms with E-state index in [2.05, 4.69) is 25.7 Å². The van der Waals surface area contributed by atoms with Crippen molar-refractivity contribution in [2.45, 2.75) is 129 Å². The van der Waals surface area contributed by atoms with Crippen LogP contribution in [0.1, 0.15) is 115 Å². The monoisotopic (exact) mass is 818 g/mol. The summed E-state index contributed by atoms with van der Waals surface area (Å²) in [6.45, 7) is 14.6. The van der Waals surface area contributed by atoms with Crippen LogP contribution in [0.3, 0.4) is 0 Å². The lowest BCUT2D eigenvalue weighted by atomic mass is 9.92. The van der Waals surface area contributed by atoms with Gasteiger partial charge in [0.2, 0.25) is 27.7 Å². The second-order valence-corrected chi connectivity index (χ2v) is 18.6. The maximum Gasteiger partial charge on any atom is 0.303 e. The van der Waals surface area contributed by atoms with Crippen LogP contribution >= 0.6 is 11.3 Å². The number of amides is 4. The number of benzene rings is 1. The van der Waals surface area contributed by atoms with Gasteiger partial charge in [0.15, 0.2) is 6.10 Å². The maximum atomic E-state index is 14.2. The van der Waals surface area contributed by atoms with Crippen LogP contribution in [0.4, 0.5) is 0 Å². The molecule has 1 heterocycles. The van der Waals surface area contributed by atoms with Gasteiger partial charge in [-0.05, 0) is 56.0 Å². The number of ether oxygens (including phenoxy) is 1. The Morgan fingerprint density at radius 1 is 0.929 bits per heavy atom. The highest BCUT2D eigenvalue weighted by Gasteiger charge is 2.39. The van der Waals surface area contributed by atoms with E-state index in [0.717, 1.165) is 16.9 Å². The Kier molecular flexibility index (Phi) is 17.5. The van der Waals surface area contributed by atoms with Gasteiger partial charge in [-0.15, -0.1) is 11.3 Å². The zero-order chi connectivity index (χ0) is 41.9. The smallest absolute Gasteiger partial charge is 0.303 e. The predicted octanol–water partition coefficient (Wildman–Crippen LogP) is 4.37. The third-order valence-electron chi connectivity index (χ3n) is 10.4. The third-order valence-corrected chi connectivity index (χ3v) is 13.2. The first-order valence-electron chi connectivity index (χ1n) is 19.6. The van der Waals surface area contributed by atoms with E-state index in [-0.39, 0.29) is 48.1 Å². The van der Waals surface area contributed by atoms with Crippen LogP contribution in [-0.2, 0) is 40.4 Å². The van der Waals surface area contributed by atoms with Crippen molar-refractivity contribution >= 4 is 51.0 Å². The molecule has 14 nitrogen and oxygen atoms in total. The molecule has 0 spiro atoms. The number of nitrogens with zero attached hydrogens (tertiary/aromatic N) is 2. The zero-order valence-corrected chi connectivity index (χ0v) is 36.1. The number of rotatable bonds is 22. The van der Waals surface area contributed by atoms with E-state index < -0.39 is 69.2 Å². The molecule has 1 fully saturated rings. The van der Waals surface area contributed by atoms with E-state index >= 15 is 0 Å². The summed E-state index contributed by atoms with van der Waals surface area (Å²) in [7, 11) is -0.323. The Balaban J connectivity index is 1.83. The van der Waals surface area contributed by atoms with Crippen LogP contribution in [0.25, 0.3) is 0 Å². The molecule has 4 amide bonds. The van der Waals surface area contributed by atoms with Crippen LogP contribution < -0.4 is 20.7 Å².